The van der Waals surface area contributed by atoms with E-state index in [1.54, 1.807) is 5.56 Å². The van der Waals surface area contributed by atoms with E-state index in [1.165, 1.54) is 43.5 Å². The minimum atomic E-state index is 0.840. The molecule has 0 amide bonds. The van der Waals surface area contributed by atoms with E-state index in [0.717, 1.165) is 25.6 Å². The van der Waals surface area contributed by atoms with E-state index in [4.69, 9.17) is 0 Å². The van der Waals surface area contributed by atoms with Gasteiger partial charge in [-0.3, -0.25) is 4.90 Å². The highest BCUT2D eigenvalue weighted by Crippen LogP contribution is 2.26. The number of hydrogen-bond acceptors (Lipinski definition) is 2. The minimum absolute atomic E-state index is 0.840. The summed E-state index contributed by atoms with van der Waals surface area (Å²) < 4.78 is 0. The average molecular weight is 274 g/mol. The Hall–Kier alpha value is -1.02. The van der Waals surface area contributed by atoms with E-state index in [2.05, 4.69) is 49.2 Å². The summed E-state index contributed by atoms with van der Waals surface area (Å²) in [4.78, 5) is 2.61. The monoisotopic (exact) mass is 274 g/mol. The maximum absolute atomic E-state index is 3.54. The van der Waals surface area contributed by atoms with Gasteiger partial charge in [-0.05, 0) is 42.5 Å². The van der Waals surface area contributed by atoms with E-state index in [1.807, 2.05) is 0 Å². The Balaban J connectivity index is 2.07. The number of nitrogens with one attached hydrogen (secondary N) is 1. The normalized spacial score (nSPS) is 14.4. The van der Waals surface area contributed by atoms with Crippen molar-refractivity contribution < 1.29 is 0 Å². The molecule has 0 aromatic heterocycles. The summed E-state index contributed by atoms with van der Waals surface area (Å²) >= 11 is 0. The van der Waals surface area contributed by atoms with Crippen LogP contribution in [0.1, 0.15) is 51.2 Å². The van der Waals surface area contributed by atoms with Crippen LogP contribution in [0.2, 0.25) is 0 Å². The van der Waals surface area contributed by atoms with Crippen molar-refractivity contribution >= 4 is 5.69 Å². The van der Waals surface area contributed by atoms with Crippen molar-refractivity contribution in [2.75, 3.05) is 25.0 Å². The highest BCUT2D eigenvalue weighted by molar-refractivity contribution is 5.56. The second kappa shape index (κ2) is 7.68. The SMILES string of the molecule is CCC(CC)CN(CC)Cc1cccc2c1CCCN2. The lowest BCUT2D eigenvalue weighted by atomic mass is 9.96. The molecule has 1 heterocycles. The van der Waals surface area contributed by atoms with Crippen LogP contribution in [-0.2, 0) is 13.0 Å². The Morgan fingerprint density at radius 1 is 1.20 bits per heavy atom. The minimum Gasteiger partial charge on any atom is -0.385 e. The summed E-state index contributed by atoms with van der Waals surface area (Å²) in [5.74, 6) is 0.840. The Kier molecular flexibility index (Phi) is 5.90. The van der Waals surface area contributed by atoms with Gasteiger partial charge in [0, 0.05) is 25.3 Å². The predicted octanol–water partition coefficient (Wildman–Crippen LogP) is 4.30. The molecule has 112 valence electrons. The summed E-state index contributed by atoms with van der Waals surface area (Å²) in [6.07, 6.45) is 5.09. The third-order valence-corrected chi connectivity index (χ3v) is 4.70. The lowest BCUT2D eigenvalue weighted by molar-refractivity contribution is 0.225. The zero-order valence-corrected chi connectivity index (χ0v) is 13.4. The Bertz CT molecular complexity index is 410. The van der Waals surface area contributed by atoms with E-state index >= 15 is 0 Å². The molecule has 1 aromatic carbocycles. The second-order valence-electron chi connectivity index (χ2n) is 5.98. The molecule has 0 radical (unpaired) electrons. The maximum atomic E-state index is 3.54. The molecule has 0 aliphatic carbocycles. The fourth-order valence-corrected chi connectivity index (χ4v) is 3.19. The van der Waals surface area contributed by atoms with Gasteiger partial charge in [0.1, 0.15) is 0 Å². The summed E-state index contributed by atoms with van der Waals surface area (Å²) in [7, 11) is 0. The fraction of sp³-hybridized carbons (Fsp3) is 0.667. The van der Waals surface area contributed by atoms with Crippen LogP contribution in [0.25, 0.3) is 0 Å². The second-order valence-corrected chi connectivity index (χ2v) is 5.98. The van der Waals surface area contributed by atoms with E-state index in [9.17, 15) is 0 Å². The first kappa shape index (κ1) is 15.4. The van der Waals surface area contributed by atoms with Crippen molar-refractivity contribution in [1.29, 1.82) is 0 Å². The largest absolute Gasteiger partial charge is 0.385 e. The fourth-order valence-electron chi connectivity index (χ4n) is 3.19. The number of hydrogen-bond donors (Lipinski definition) is 1. The van der Waals surface area contributed by atoms with Crippen molar-refractivity contribution in [2.45, 2.75) is 53.0 Å². The van der Waals surface area contributed by atoms with Crippen LogP contribution in [0, 0.1) is 5.92 Å². The lowest BCUT2D eigenvalue weighted by Crippen LogP contribution is -2.29. The van der Waals surface area contributed by atoms with Gasteiger partial charge < -0.3 is 5.32 Å². The summed E-state index contributed by atoms with van der Waals surface area (Å²) in [5, 5.41) is 3.54. The number of benzene rings is 1. The van der Waals surface area contributed by atoms with Crippen LogP contribution < -0.4 is 5.32 Å². The first-order chi connectivity index (χ1) is 9.78. The molecule has 0 unspecified atom stereocenters. The molecule has 0 spiro atoms. The van der Waals surface area contributed by atoms with Gasteiger partial charge in [-0.15, -0.1) is 0 Å². The zero-order valence-electron chi connectivity index (χ0n) is 13.4. The molecular weight excluding hydrogens is 244 g/mol. The van der Waals surface area contributed by atoms with Crippen LogP contribution in [0.3, 0.4) is 0 Å². The van der Waals surface area contributed by atoms with Gasteiger partial charge in [-0.25, -0.2) is 0 Å². The Labute approximate surface area is 124 Å². The topological polar surface area (TPSA) is 15.3 Å². The standard InChI is InChI=1S/C18H30N2/c1-4-15(5-2)13-20(6-3)14-16-9-7-11-18-17(16)10-8-12-19-18/h7,9,11,15,19H,4-6,8,10,12-14H2,1-3H3. The van der Waals surface area contributed by atoms with Crippen molar-refractivity contribution in [3.63, 3.8) is 0 Å². The third-order valence-electron chi connectivity index (χ3n) is 4.70. The van der Waals surface area contributed by atoms with Crippen molar-refractivity contribution in [3.8, 4) is 0 Å². The van der Waals surface area contributed by atoms with Gasteiger partial charge >= 0.3 is 0 Å². The van der Waals surface area contributed by atoms with Gasteiger partial charge in [-0.1, -0.05) is 45.7 Å². The molecule has 0 bridgehead atoms. The smallest absolute Gasteiger partial charge is 0.0375 e. The van der Waals surface area contributed by atoms with Crippen LogP contribution >= 0.6 is 0 Å². The van der Waals surface area contributed by atoms with Crippen LogP contribution in [0.5, 0.6) is 0 Å². The van der Waals surface area contributed by atoms with Gasteiger partial charge in [0.2, 0.25) is 0 Å². The number of anilines is 1. The molecule has 20 heavy (non-hydrogen) atoms. The number of rotatable bonds is 7. The van der Waals surface area contributed by atoms with E-state index < -0.39 is 0 Å². The number of fused-ring (bicyclic) bond motifs is 1. The van der Waals surface area contributed by atoms with Gasteiger partial charge in [0.25, 0.3) is 0 Å². The highest BCUT2D eigenvalue weighted by atomic mass is 15.1. The first-order valence-corrected chi connectivity index (χ1v) is 8.35. The molecule has 2 rings (SSSR count). The average Bonchev–Trinajstić information content (AvgIpc) is 2.51. The molecule has 1 aromatic rings. The third kappa shape index (κ3) is 3.76. The molecule has 0 atom stereocenters. The first-order valence-electron chi connectivity index (χ1n) is 8.35. The van der Waals surface area contributed by atoms with Crippen molar-refractivity contribution in [2.24, 2.45) is 5.92 Å². The van der Waals surface area contributed by atoms with Gasteiger partial charge in [-0.2, -0.15) is 0 Å². The summed E-state index contributed by atoms with van der Waals surface area (Å²) in [6, 6.07) is 6.76. The highest BCUT2D eigenvalue weighted by Gasteiger charge is 2.15. The van der Waals surface area contributed by atoms with Crippen LogP contribution in [0.15, 0.2) is 18.2 Å². The molecule has 1 aliphatic rings. The summed E-state index contributed by atoms with van der Waals surface area (Å²) in [5.41, 5.74) is 4.46. The molecule has 1 aliphatic heterocycles. The quantitative estimate of drug-likeness (QED) is 0.797. The molecule has 2 nitrogen and oxygen atoms in total. The maximum Gasteiger partial charge on any atom is 0.0375 e. The molecule has 2 heteroatoms. The van der Waals surface area contributed by atoms with Crippen LogP contribution in [0.4, 0.5) is 5.69 Å². The zero-order chi connectivity index (χ0) is 14.4. The Morgan fingerprint density at radius 3 is 2.70 bits per heavy atom. The van der Waals surface area contributed by atoms with E-state index in [-0.39, 0.29) is 0 Å². The van der Waals surface area contributed by atoms with Crippen LogP contribution in [-0.4, -0.2) is 24.5 Å². The Morgan fingerprint density at radius 2 is 2.00 bits per heavy atom. The van der Waals surface area contributed by atoms with Gasteiger partial charge in [0.05, 0.1) is 0 Å². The molecule has 1 N–H and O–H groups in total. The molecule has 0 saturated heterocycles. The predicted molar refractivity (Wildman–Crippen MR) is 88.3 cm³/mol. The van der Waals surface area contributed by atoms with Gasteiger partial charge in [0.15, 0.2) is 0 Å². The molecule has 0 saturated carbocycles. The number of nitrogens with zero attached hydrogens (tertiary/aromatic N) is 1. The van der Waals surface area contributed by atoms with Crippen molar-refractivity contribution in [1.82, 2.24) is 4.90 Å². The summed E-state index contributed by atoms with van der Waals surface area (Å²) in [6.45, 7) is 11.5. The lowest BCUT2D eigenvalue weighted by Gasteiger charge is -2.28. The van der Waals surface area contributed by atoms with Crippen molar-refractivity contribution in [3.05, 3.63) is 29.3 Å². The molecular formula is C18H30N2. The van der Waals surface area contributed by atoms with E-state index in [0.29, 0.717) is 0 Å². The molecule has 0 fully saturated rings.